The predicted octanol–water partition coefficient (Wildman–Crippen LogP) is 4.70. The number of aliphatic carboxylic acids is 1. The predicted molar refractivity (Wildman–Crippen MR) is 131 cm³/mol. The molecule has 0 spiro atoms. The molecule has 7 heteroatoms. The average Bonchev–Trinajstić information content (AvgIpc) is 3.17. The van der Waals surface area contributed by atoms with Crippen LogP contribution < -0.4 is 10.6 Å². The van der Waals surface area contributed by atoms with Crippen molar-refractivity contribution in [2.75, 3.05) is 13.2 Å². The maximum Gasteiger partial charge on any atom is 0.407 e. The fourth-order valence-corrected chi connectivity index (χ4v) is 4.22. The van der Waals surface area contributed by atoms with Gasteiger partial charge in [0.2, 0.25) is 5.91 Å². The van der Waals surface area contributed by atoms with Gasteiger partial charge in [-0.05, 0) is 48.4 Å². The first-order chi connectivity index (χ1) is 16.3. The molecular weight excluding hydrogens is 432 g/mol. The molecule has 0 aromatic heterocycles. The molecule has 1 aliphatic carbocycles. The zero-order valence-corrected chi connectivity index (χ0v) is 20.1. The third-order valence-corrected chi connectivity index (χ3v) is 6.85. The largest absolute Gasteiger partial charge is 0.481 e. The Morgan fingerprint density at radius 3 is 2.15 bits per heavy atom. The monoisotopic (exact) mass is 466 g/mol. The number of carboxylic acids is 1. The van der Waals surface area contributed by atoms with Crippen molar-refractivity contribution in [1.29, 1.82) is 0 Å². The van der Waals surface area contributed by atoms with Crippen LogP contribution in [0.15, 0.2) is 48.5 Å². The third-order valence-electron chi connectivity index (χ3n) is 6.85. The van der Waals surface area contributed by atoms with Crippen LogP contribution in [0, 0.1) is 5.41 Å². The molecule has 1 aliphatic rings. The van der Waals surface area contributed by atoms with Crippen LogP contribution in [0.2, 0.25) is 0 Å². The van der Waals surface area contributed by atoms with Crippen LogP contribution in [0.5, 0.6) is 0 Å². The summed E-state index contributed by atoms with van der Waals surface area (Å²) < 4.78 is 5.60. The van der Waals surface area contributed by atoms with Crippen molar-refractivity contribution in [3.05, 3.63) is 59.7 Å². The SMILES string of the molecule is CCC(CCC(=O)NCC(C)(CC)C(=O)O)NC(=O)OCC1c2ccccc2-c2ccccc21. The van der Waals surface area contributed by atoms with Gasteiger partial charge in [0.15, 0.2) is 0 Å². The molecule has 0 saturated carbocycles. The second-order valence-electron chi connectivity index (χ2n) is 9.11. The fraction of sp³-hybridized carbons (Fsp3) is 0.444. The van der Waals surface area contributed by atoms with Gasteiger partial charge in [0.05, 0.1) is 5.41 Å². The Bertz CT molecular complexity index is 992. The van der Waals surface area contributed by atoms with Crippen molar-refractivity contribution >= 4 is 18.0 Å². The number of carbonyl (C=O) groups excluding carboxylic acids is 2. The van der Waals surface area contributed by atoms with Gasteiger partial charge in [-0.1, -0.05) is 62.4 Å². The fourth-order valence-electron chi connectivity index (χ4n) is 4.22. The molecule has 0 fully saturated rings. The van der Waals surface area contributed by atoms with Gasteiger partial charge >= 0.3 is 12.1 Å². The van der Waals surface area contributed by atoms with Crippen LogP contribution in [0.3, 0.4) is 0 Å². The van der Waals surface area contributed by atoms with E-state index >= 15 is 0 Å². The minimum atomic E-state index is -0.987. The molecule has 0 heterocycles. The second-order valence-corrected chi connectivity index (χ2v) is 9.11. The number of alkyl carbamates (subject to hydrolysis) is 1. The molecule has 182 valence electrons. The van der Waals surface area contributed by atoms with E-state index in [1.54, 1.807) is 13.8 Å². The first-order valence-electron chi connectivity index (χ1n) is 11.9. The summed E-state index contributed by atoms with van der Waals surface area (Å²) in [6.45, 7) is 5.65. The lowest BCUT2D eigenvalue weighted by Crippen LogP contribution is -2.41. The van der Waals surface area contributed by atoms with Gasteiger partial charge in [-0.3, -0.25) is 9.59 Å². The number of ether oxygens (including phenoxy) is 1. The normalized spacial score (nSPS) is 14.9. The van der Waals surface area contributed by atoms with Crippen LogP contribution in [0.4, 0.5) is 4.79 Å². The molecule has 2 aromatic rings. The van der Waals surface area contributed by atoms with Crippen molar-refractivity contribution in [2.45, 2.75) is 58.4 Å². The van der Waals surface area contributed by atoms with Crippen molar-refractivity contribution in [2.24, 2.45) is 5.41 Å². The minimum Gasteiger partial charge on any atom is -0.481 e. The van der Waals surface area contributed by atoms with Gasteiger partial charge < -0.3 is 20.5 Å². The van der Waals surface area contributed by atoms with E-state index in [0.29, 0.717) is 19.3 Å². The van der Waals surface area contributed by atoms with E-state index in [4.69, 9.17) is 4.74 Å². The lowest BCUT2D eigenvalue weighted by molar-refractivity contribution is -0.148. The summed E-state index contributed by atoms with van der Waals surface area (Å²) in [5.74, 6) is -1.17. The molecule has 2 amide bonds. The number of amides is 2. The molecular formula is C27H34N2O5. The van der Waals surface area contributed by atoms with E-state index in [2.05, 4.69) is 34.9 Å². The second kappa shape index (κ2) is 11.2. The van der Waals surface area contributed by atoms with Crippen molar-refractivity contribution < 1.29 is 24.2 Å². The van der Waals surface area contributed by atoms with E-state index in [1.807, 2.05) is 31.2 Å². The average molecular weight is 467 g/mol. The Hall–Kier alpha value is -3.35. The van der Waals surface area contributed by atoms with Crippen molar-refractivity contribution in [1.82, 2.24) is 10.6 Å². The quantitative estimate of drug-likeness (QED) is 0.445. The lowest BCUT2D eigenvalue weighted by atomic mass is 9.87. The smallest absolute Gasteiger partial charge is 0.407 e. The van der Waals surface area contributed by atoms with Gasteiger partial charge in [-0.25, -0.2) is 4.79 Å². The van der Waals surface area contributed by atoms with Crippen LogP contribution >= 0.6 is 0 Å². The first-order valence-corrected chi connectivity index (χ1v) is 11.9. The Morgan fingerprint density at radius 2 is 1.62 bits per heavy atom. The van der Waals surface area contributed by atoms with E-state index in [0.717, 1.165) is 11.1 Å². The molecule has 0 aliphatic heterocycles. The molecule has 2 atom stereocenters. The molecule has 0 bridgehead atoms. The Balaban J connectivity index is 1.49. The lowest BCUT2D eigenvalue weighted by Gasteiger charge is -2.23. The summed E-state index contributed by atoms with van der Waals surface area (Å²) in [5, 5.41) is 14.9. The number of fused-ring (bicyclic) bond motifs is 3. The van der Waals surface area contributed by atoms with Gasteiger partial charge in [0, 0.05) is 24.9 Å². The molecule has 2 unspecified atom stereocenters. The first kappa shape index (κ1) is 25.3. The van der Waals surface area contributed by atoms with Gasteiger partial charge in [0.1, 0.15) is 6.61 Å². The van der Waals surface area contributed by atoms with Crippen LogP contribution in [0.25, 0.3) is 11.1 Å². The van der Waals surface area contributed by atoms with Gasteiger partial charge in [-0.2, -0.15) is 0 Å². The minimum absolute atomic E-state index is 0.00823. The number of carboxylic acid groups (broad SMARTS) is 1. The highest BCUT2D eigenvalue weighted by atomic mass is 16.5. The molecule has 0 saturated heterocycles. The van der Waals surface area contributed by atoms with Crippen LogP contribution in [-0.4, -0.2) is 42.3 Å². The number of rotatable bonds is 11. The standard InChI is InChI=1S/C27H34N2O5/c1-4-18(14-15-24(30)28-17-27(3,5-2)25(31)32)29-26(33)34-16-23-21-12-8-6-10-19(21)20-11-7-9-13-22(20)23/h6-13,18,23H,4-5,14-17H2,1-3H3,(H,28,30)(H,29,33)(H,31,32). The number of nitrogens with one attached hydrogen (secondary N) is 2. The Labute approximate surface area is 200 Å². The molecule has 3 N–H and O–H groups in total. The van der Waals surface area contributed by atoms with Crippen molar-refractivity contribution in [3.63, 3.8) is 0 Å². The summed E-state index contributed by atoms with van der Waals surface area (Å²) in [4.78, 5) is 36.1. The van der Waals surface area contributed by atoms with Gasteiger partial charge in [-0.15, -0.1) is 0 Å². The summed E-state index contributed by atoms with van der Waals surface area (Å²) in [6, 6.07) is 16.1. The number of benzene rings is 2. The number of hydrogen-bond acceptors (Lipinski definition) is 4. The topological polar surface area (TPSA) is 105 Å². The Kier molecular flexibility index (Phi) is 8.31. The Morgan fingerprint density at radius 1 is 1.03 bits per heavy atom. The highest BCUT2D eigenvalue weighted by molar-refractivity contribution is 5.80. The molecule has 3 rings (SSSR count). The maximum atomic E-state index is 12.5. The van der Waals surface area contributed by atoms with E-state index < -0.39 is 17.5 Å². The van der Waals surface area contributed by atoms with Crippen LogP contribution in [0.1, 0.15) is 63.5 Å². The highest BCUT2D eigenvalue weighted by Gasteiger charge is 2.32. The van der Waals surface area contributed by atoms with E-state index in [1.165, 1.54) is 11.1 Å². The summed E-state index contributed by atoms with van der Waals surface area (Å²) in [5.41, 5.74) is 3.67. The zero-order valence-electron chi connectivity index (χ0n) is 20.1. The summed E-state index contributed by atoms with van der Waals surface area (Å²) in [7, 11) is 0. The van der Waals surface area contributed by atoms with E-state index in [9.17, 15) is 19.5 Å². The summed E-state index contributed by atoms with van der Waals surface area (Å²) >= 11 is 0. The summed E-state index contributed by atoms with van der Waals surface area (Å²) in [6.07, 6.45) is 1.21. The highest BCUT2D eigenvalue weighted by Crippen LogP contribution is 2.44. The number of hydrogen-bond donors (Lipinski definition) is 3. The maximum absolute atomic E-state index is 12.5. The zero-order chi connectivity index (χ0) is 24.7. The van der Waals surface area contributed by atoms with E-state index in [-0.39, 0.29) is 37.4 Å². The van der Waals surface area contributed by atoms with Crippen LogP contribution in [-0.2, 0) is 14.3 Å². The molecule has 34 heavy (non-hydrogen) atoms. The molecule has 7 nitrogen and oxygen atoms in total. The molecule has 2 aromatic carbocycles. The molecule has 0 radical (unpaired) electrons. The number of carbonyl (C=O) groups is 3. The van der Waals surface area contributed by atoms with Gasteiger partial charge in [0.25, 0.3) is 0 Å². The third kappa shape index (κ3) is 5.76. The van der Waals surface area contributed by atoms with Crippen molar-refractivity contribution in [3.8, 4) is 11.1 Å².